The smallest absolute Gasteiger partial charge is 0.162 e. The molecule has 0 N–H and O–H groups in total. The summed E-state index contributed by atoms with van der Waals surface area (Å²) < 4.78 is 3.38. The molecule has 0 saturated heterocycles. The van der Waals surface area contributed by atoms with Crippen molar-refractivity contribution in [1.29, 1.82) is 0 Å². The van der Waals surface area contributed by atoms with E-state index in [9.17, 15) is 4.79 Å². The molecule has 4 rings (SSSR count). The Bertz CT molecular complexity index is 1250. The maximum absolute atomic E-state index is 12.7. The third-order valence-electron chi connectivity index (χ3n) is 6.14. The van der Waals surface area contributed by atoms with Gasteiger partial charge in [-0.2, -0.15) is 0 Å². The summed E-state index contributed by atoms with van der Waals surface area (Å²) in [7, 11) is 4.13. The topological polar surface area (TPSA) is 25.2 Å². The zero-order chi connectivity index (χ0) is 24.1. The second-order valence-electron chi connectivity index (χ2n) is 8.99. The molecular formula is C30H31BrN2O. The highest BCUT2D eigenvalue weighted by atomic mass is 79.9. The summed E-state index contributed by atoms with van der Waals surface area (Å²) in [5, 5.41) is 0. The largest absolute Gasteiger partial charge is 0.309 e. The Hall–Kier alpha value is -2.95. The molecule has 0 bridgehead atoms. The van der Waals surface area contributed by atoms with Crippen molar-refractivity contribution < 1.29 is 4.79 Å². The van der Waals surface area contributed by atoms with E-state index in [2.05, 4.69) is 119 Å². The van der Waals surface area contributed by atoms with Gasteiger partial charge in [0.25, 0.3) is 0 Å². The number of carbonyl (C=O) groups excluding carboxylic acids is 1. The highest BCUT2D eigenvalue weighted by Gasteiger charge is 2.15. The molecule has 1 aromatic heterocycles. The van der Waals surface area contributed by atoms with Crippen molar-refractivity contribution in [3.8, 4) is 28.2 Å². The molecule has 4 heteroatoms. The standard InChI is InChI=1S/C30H31BrN2O/c1-22-8-4-5-9-27(22)33-28(19-20-29(33)24-15-17-26(31)18-16-24)23-11-13-25(14-12-23)30(34)10-6-7-21-32(2)3/h4-5,8-9,11-20H,6-7,10,21H2,1-3H3. The average molecular weight is 515 g/mol. The minimum Gasteiger partial charge on any atom is -0.309 e. The van der Waals surface area contributed by atoms with Crippen LogP contribution in [-0.2, 0) is 0 Å². The van der Waals surface area contributed by atoms with E-state index in [4.69, 9.17) is 0 Å². The number of unbranched alkanes of at least 4 members (excludes halogenated alkanes) is 1. The van der Waals surface area contributed by atoms with Crippen LogP contribution in [0.5, 0.6) is 0 Å². The summed E-state index contributed by atoms with van der Waals surface area (Å²) in [5.41, 5.74) is 7.65. The van der Waals surface area contributed by atoms with Crippen LogP contribution in [0.4, 0.5) is 0 Å². The first-order valence-electron chi connectivity index (χ1n) is 11.8. The van der Waals surface area contributed by atoms with Gasteiger partial charge in [0.05, 0.1) is 11.4 Å². The van der Waals surface area contributed by atoms with Crippen molar-refractivity contribution in [2.45, 2.75) is 26.2 Å². The molecule has 0 saturated carbocycles. The lowest BCUT2D eigenvalue weighted by atomic mass is 10.0. The first kappa shape index (κ1) is 24.2. The van der Waals surface area contributed by atoms with E-state index < -0.39 is 0 Å². The van der Waals surface area contributed by atoms with Gasteiger partial charge in [-0.15, -0.1) is 0 Å². The molecule has 3 nitrogen and oxygen atoms in total. The highest BCUT2D eigenvalue weighted by Crippen LogP contribution is 2.34. The van der Waals surface area contributed by atoms with E-state index in [0.717, 1.165) is 57.6 Å². The lowest BCUT2D eigenvalue weighted by molar-refractivity contribution is 0.0978. The fraction of sp³-hybridized carbons (Fsp3) is 0.233. The monoisotopic (exact) mass is 514 g/mol. The summed E-state index contributed by atoms with van der Waals surface area (Å²) in [4.78, 5) is 14.8. The minimum absolute atomic E-state index is 0.218. The summed E-state index contributed by atoms with van der Waals surface area (Å²) in [6.07, 6.45) is 2.56. The maximum atomic E-state index is 12.7. The zero-order valence-corrected chi connectivity index (χ0v) is 21.7. The maximum Gasteiger partial charge on any atom is 0.162 e. The first-order chi connectivity index (χ1) is 16.4. The van der Waals surface area contributed by atoms with E-state index in [-0.39, 0.29) is 5.78 Å². The number of rotatable bonds is 9. The van der Waals surface area contributed by atoms with Crippen molar-refractivity contribution in [3.05, 3.63) is 101 Å². The molecule has 0 atom stereocenters. The average Bonchev–Trinajstić information content (AvgIpc) is 3.27. The van der Waals surface area contributed by atoms with Crippen LogP contribution in [0, 0.1) is 6.92 Å². The second-order valence-corrected chi connectivity index (χ2v) is 9.91. The van der Waals surface area contributed by atoms with Gasteiger partial charge in [0.2, 0.25) is 0 Å². The summed E-state index contributed by atoms with van der Waals surface area (Å²) in [6, 6.07) is 29.3. The number of para-hydroxylation sites is 1. The number of aryl methyl sites for hydroxylation is 1. The van der Waals surface area contributed by atoms with E-state index in [1.54, 1.807) is 0 Å². The third kappa shape index (κ3) is 5.57. The van der Waals surface area contributed by atoms with E-state index in [0.29, 0.717) is 6.42 Å². The zero-order valence-electron chi connectivity index (χ0n) is 20.1. The van der Waals surface area contributed by atoms with Crippen LogP contribution in [0.15, 0.2) is 89.4 Å². The molecule has 0 fully saturated rings. The van der Waals surface area contributed by atoms with Crippen molar-refractivity contribution in [1.82, 2.24) is 9.47 Å². The van der Waals surface area contributed by atoms with Crippen molar-refractivity contribution in [2.24, 2.45) is 0 Å². The van der Waals surface area contributed by atoms with Gasteiger partial charge in [-0.3, -0.25) is 4.79 Å². The first-order valence-corrected chi connectivity index (χ1v) is 12.6. The molecule has 0 aliphatic rings. The van der Waals surface area contributed by atoms with E-state index in [1.165, 1.54) is 5.56 Å². The molecule has 34 heavy (non-hydrogen) atoms. The van der Waals surface area contributed by atoms with Crippen LogP contribution in [0.1, 0.15) is 35.2 Å². The fourth-order valence-corrected chi connectivity index (χ4v) is 4.53. The fourth-order valence-electron chi connectivity index (χ4n) is 4.27. The van der Waals surface area contributed by atoms with Gasteiger partial charge in [-0.1, -0.05) is 70.5 Å². The highest BCUT2D eigenvalue weighted by molar-refractivity contribution is 9.10. The predicted molar refractivity (Wildman–Crippen MR) is 146 cm³/mol. The van der Waals surface area contributed by atoms with Gasteiger partial charge in [-0.25, -0.2) is 0 Å². The summed E-state index contributed by atoms with van der Waals surface area (Å²) >= 11 is 3.54. The SMILES string of the molecule is Cc1ccccc1-n1c(-c2ccc(Br)cc2)ccc1-c1ccc(C(=O)CCCCN(C)C)cc1. The number of hydrogen-bond acceptors (Lipinski definition) is 2. The van der Waals surface area contributed by atoms with Gasteiger partial charge in [0, 0.05) is 22.1 Å². The molecule has 1 heterocycles. The Morgan fingerprint density at radius 2 is 1.38 bits per heavy atom. The number of hydrogen-bond donors (Lipinski definition) is 0. The Morgan fingerprint density at radius 3 is 1.97 bits per heavy atom. The van der Waals surface area contributed by atoms with Crippen LogP contribution in [0.2, 0.25) is 0 Å². The van der Waals surface area contributed by atoms with Crippen molar-refractivity contribution >= 4 is 21.7 Å². The molecule has 0 unspecified atom stereocenters. The quantitative estimate of drug-likeness (QED) is 0.168. The number of carbonyl (C=O) groups is 1. The normalized spacial score (nSPS) is 11.2. The molecule has 4 aromatic rings. The summed E-state index contributed by atoms with van der Waals surface area (Å²) in [5.74, 6) is 0.218. The van der Waals surface area contributed by atoms with Gasteiger partial charge >= 0.3 is 0 Å². The molecule has 174 valence electrons. The predicted octanol–water partition coefficient (Wildman–Crippen LogP) is 7.80. The lowest BCUT2D eigenvalue weighted by Crippen LogP contribution is -2.13. The van der Waals surface area contributed by atoms with Crippen LogP contribution >= 0.6 is 15.9 Å². The van der Waals surface area contributed by atoms with Gasteiger partial charge in [0.1, 0.15) is 0 Å². The van der Waals surface area contributed by atoms with Crippen molar-refractivity contribution in [2.75, 3.05) is 20.6 Å². The van der Waals surface area contributed by atoms with Gasteiger partial charge in [0.15, 0.2) is 5.78 Å². The second kappa shape index (κ2) is 11.0. The van der Waals surface area contributed by atoms with Crippen LogP contribution < -0.4 is 0 Å². The molecule has 0 spiro atoms. The third-order valence-corrected chi connectivity index (χ3v) is 6.67. The molecule has 0 radical (unpaired) electrons. The number of aromatic nitrogens is 1. The Kier molecular flexibility index (Phi) is 7.81. The van der Waals surface area contributed by atoms with E-state index in [1.807, 2.05) is 12.1 Å². The van der Waals surface area contributed by atoms with Crippen LogP contribution in [0.3, 0.4) is 0 Å². The van der Waals surface area contributed by atoms with Crippen LogP contribution in [0.25, 0.3) is 28.2 Å². The number of Topliss-reactive ketones (excluding diaryl/α,β-unsaturated/α-hetero) is 1. The number of halogens is 1. The van der Waals surface area contributed by atoms with Gasteiger partial charge in [-0.05, 0) is 87.4 Å². The molecule has 0 aliphatic carbocycles. The van der Waals surface area contributed by atoms with Crippen LogP contribution in [-0.4, -0.2) is 35.9 Å². The molecule has 0 aliphatic heterocycles. The number of nitrogens with zero attached hydrogens (tertiary/aromatic N) is 2. The molecule has 3 aromatic carbocycles. The molecule has 0 amide bonds. The van der Waals surface area contributed by atoms with Crippen molar-refractivity contribution in [3.63, 3.8) is 0 Å². The molecular weight excluding hydrogens is 484 g/mol. The Labute approximate surface area is 211 Å². The lowest BCUT2D eigenvalue weighted by Gasteiger charge is -2.17. The summed E-state index contributed by atoms with van der Waals surface area (Å²) in [6.45, 7) is 3.16. The minimum atomic E-state index is 0.218. The van der Waals surface area contributed by atoms with E-state index >= 15 is 0 Å². The number of ketones is 1. The van der Waals surface area contributed by atoms with Gasteiger partial charge < -0.3 is 9.47 Å². The Balaban J connectivity index is 1.66. The number of benzene rings is 3. The Morgan fingerprint density at radius 1 is 0.794 bits per heavy atom.